The van der Waals surface area contributed by atoms with Gasteiger partial charge in [-0.3, -0.25) is 9.78 Å². The van der Waals surface area contributed by atoms with Crippen LogP contribution < -0.4 is 0 Å². The largest absolute Gasteiger partial charge is 0.465 e. The average Bonchev–Trinajstić information content (AvgIpc) is 2.72. The van der Waals surface area contributed by atoms with Crippen molar-refractivity contribution >= 4 is 11.8 Å². The van der Waals surface area contributed by atoms with E-state index in [0.717, 1.165) is 5.56 Å². The molecule has 4 heteroatoms. The second-order valence-corrected chi connectivity index (χ2v) is 3.99. The molecule has 1 aromatic heterocycles. The van der Waals surface area contributed by atoms with Gasteiger partial charge in [0.1, 0.15) is 0 Å². The lowest BCUT2D eigenvalue weighted by Crippen LogP contribution is -2.04. The van der Waals surface area contributed by atoms with Crippen molar-refractivity contribution in [3.8, 4) is 11.3 Å². The number of rotatable bonds is 1. The van der Waals surface area contributed by atoms with Crippen molar-refractivity contribution in [2.45, 2.75) is 0 Å². The molecular weight excluding hydrogens is 230 g/mol. The number of hydrogen-bond acceptors (Lipinski definition) is 4. The second-order valence-electron chi connectivity index (χ2n) is 3.99. The summed E-state index contributed by atoms with van der Waals surface area (Å²) >= 11 is 0. The summed E-state index contributed by atoms with van der Waals surface area (Å²) in [4.78, 5) is 27.8. The third-order valence-electron chi connectivity index (χ3n) is 2.98. The maximum atomic E-state index is 12.2. The van der Waals surface area contributed by atoms with Gasteiger partial charge in [-0.2, -0.15) is 0 Å². The van der Waals surface area contributed by atoms with Crippen molar-refractivity contribution in [1.29, 1.82) is 0 Å². The molecule has 0 aliphatic heterocycles. The Balaban J connectivity index is 2.20. The topological polar surface area (TPSA) is 56.3 Å². The quantitative estimate of drug-likeness (QED) is 0.610. The molecule has 3 rings (SSSR count). The third-order valence-corrected chi connectivity index (χ3v) is 2.98. The van der Waals surface area contributed by atoms with Gasteiger partial charge in [0.15, 0.2) is 5.78 Å². The summed E-state index contributed by atoms with van der Waals surface area (Å²) in [5, 5.41) is 0. The van der Waals surface area contributed by atoms with Gasteiger partial charge in [0.05, 0.1) is 18.4 Å². The summed E-state index contributed by atoms with van der Waals surface area (Å²) in [6.45, 7) is 0. The second kappa shape index (κ2) is 3.77. The van der Waals surface area contributed by atoms with Crippen molar-refractivity contribution in [3.63, 3.8) is 0 Å². The monoisotopic (exact) mass is 239 g/mol. The van der Waals surface area contributed by atoms with Crippen LogP contribution in [0.4, 0.5) is 0 Å². The molecule has 4 nitrogen and oxygen atoms in total. The minimum atomic E-state index is -0.492. The molecular formula is C14H9NO3. The van der Waals surface area contributed by atoms with E-state index in [0.29, 0.717) is 16.8 Å². The van der Waals surface area contributed by atoms with Crippen molar-refractivity contribution in [2.75, 3.05) is 7.11 Å². The third kappa shape index (κ3) is 1.35. The first-order valence-corrected chi connectivity index (χ1v) is 5.45. The van der Waals surface area contributed by atoms with Gasteiger partial charge in [-0.1, -0.05) is 24.3 Å². The van der Waals surface area contributed by atoms with E-state index in [1.807, 2.05) is 18.2 Å². The van der Waals surface area contributed by atoms with Crippen LogP contribution in [0.3, 0.4) is 0 Å². The molecule has 2 aromatic rings. The molecule has 0 unspecified atom stereocenters. The summed E-state index contributed by atoms with van der Waals surface area (Å²) in [6.07, 6.45) is 1.43. The highest BCUT2D eigenvalue weighted by Crippen LogP contribution is 2.34. The number of pyridine rings is 1. The number of benzene rings is 1. The number of carbonyl (C=O) groups excluding carboxylic acids is 2. The summed E-state index contributed by atoms with van der Waals surface area (Å²) in [6, 6.07) is 8.82. The molecule has 0 radical (unpaired) electrons. The van der Waals surface area contributed by atoms with Crippen LogP contribution in [0.1, 0.15) is 26.3 Å². The van der Waals surface area contributed by atoms with Gasteiger partial charge < -0.3 is 4.74 Å². The smallest absolute Gasteiger partial charge is 0.339 e. The minimum Gasteiger partial charge on any atom is -0.465 e. The maximum Gasteiger partial charge on any atom is 0.339 e. The minimum absolute atomic E-state index is 0.0983. The summed E-state index contributed by atoms with van der Waals surface area (Å²) < 4.78 is 4.62. The van der Waals surface area contributed by atoms with E-state index in [2.05, 4.69) is 9.72 Å². The molecule has 0 saturated carbocycles. The molecule has 0 amide bonds. The lowest BCUT2D eigenvalue weighted by atomic mass is 10.1. The molecule has 0 fully saturated rings. The molecule has 1 aliphatic carbocycles. The van der Waals surface area contributed by atoms with Crippen LogP contribution in [0.5, 0.6) is 0 Å². The number of ether oxygens (including phenoxy) is 1. The molecule has 1 aromatic carbocycles. The lowest BCUT2D eigenvalue weighted by molar-refractivity contribution is 0.0600. The number of ketones is 1. The SMILES string of the molecule is COC(=O)c1cnc2c(c1)C(=O)c1ccccc1-2. The maximum absolute atomic E-state index is 12.2. The van der Waals surface area contributed by atoms with Crippen LogP contribution in [-0.4, -0.2) is 23.8 Å². The number of nitrogens with zero attached hydrogens (tertiary/aromatic N) is 1. The van der Waals surface area contributed by atoms with Crippen LogP contribution in [0.2, 0.25) is 0 Å². The Morgan fingerprint density at radius 1 is 1.17 bits per heavy atom. The van der Waals surface area contributed by atoms with Crippen LogP contribution in [-0.2, 0) is 4.74 Å². The van der Waals surface area contributed by atoms with E-state index in [9.17, 15) is 9.59 Å². The van der Waals surface area contributed by atoms with Crippen molar-refractivity contribution in [1.82, 2.24) is 4.98 Å². The van der Waals surface area contributed by atoms with Gasteiger partial charge in [-0.15, -0.1) is 0 Å². The fourth-order valence-electron chi connectivity index (χ4n) is 2.11. The highest BCUT2D eigenvalue weighted by molar-refractivity contribution is 6.21. The Kier molecular flexibility index (Phi) is 2.23. The number of hydrogen-bond donors (Lipinski definition) is 0. The molecule has 0 spiro atoms. The van der Waals surface area contributed by atoms with Crippen LogP contribution in [0.15, 0.2) is 36.5 Å². The Bertz CT molecular complexity index is 676. The standard InChI is InChI=1S/C14H9NO3/c1-18-14(17)8-6-11-12(15-7-8)9-4-2-3-5-10(9)13(11)16/h2-7H,1H3. The summed E-state index contributed by atoms with van der Waals surface area (Å²) in [5.74, 6) is -0.590. The molecule has 1 heterocycles. The van der Waals surface area contributed by atoms with Crippen molar-refractivity contribution in [2.24, 2.45) is 0 Å². The number of esters is 1. The molecule has 0 bridgehead atoms. The first-order valence-electron chi connectivity index (χ1n) is 5.45. The van der Waals surface area contributed by atoms with Crippen molar-refractivity contribution < 1.29 is 14.3 Å². The van der Waals surface area contributed by atoms with Gasteiger partial charge in [-0.05, 0) is 6.07 Å². The van der Waals surface area contributed by atoms with E-state index in [4.69, 9.17) is 0 Å². The molecule has 1 aliphatic rings. The predicted octanol–water partition coefficient (Wildman–Crippen LogP) is 2.08. The Hall–Kier alpha value is -2.49. The number of aromatic nitrogens is 1. The van der Waals surface area contributed by atoms with E-state index in [1.165, 1.54) is 19.4 Å². The molecule has 0 atom stereocenters. The predicted molar refractivity (Wildman–Crippen MR) is 64.4 cm³/mol. The lowest BCUT2D eigenvalue weighted by Gasteiger charge is -2.01. The van der Waals surface area contributed by atoms with Crippen LogP contribution in [0.25, 0.3) is 11.3 Å². The highest BCUT2D eigenvalue weighted by atomic mass is 16.5. The van der Waals surface area contributed by atoms with Gasteiger partial charge in [0.2, 0.25) is 0 Å². The summed E-state index contributed by atoms with van der Waals surface area (Å²) in [7, 11) is 1.30. The molecule has 18 heavy (non-hydrogen) atoms. The fourth-order valence-corrected chi connectivity index (χ4v) is 2.11. The first kappa shape index (κ1) is 10.7. The number of fused-ring (bicyclic) bond motifs is 3. The Morgan fingerprint density at radius 2 is 1.89 bits per heavy atom. The highest BCUT2D eigenvalue weighted by Gasteiger charge is 2.28. The van der Waals surface area contributed by atoms with Crippen LogP contribution >= 0.6 is 0 Å². The Labute approximate surface area is 103 Å². The Morgan fingerprint density at radius 3 is 2.61 bits per heavy atom. The zero-order valence-corrected chi connectivity index (χ0v) is 9.64. The molecule has 88 valence electrons. The average molecular weight is 239 g/mol. The van der Waals surface area contributed by atoms with Gasteiger partial charge in [-0.25, -0.2) is 4.79 Å². The van der Waals surface area contributed by atoms with E-state index >= 15 is 0 Å². The van der Waals surface area contributed by atoms with E-state index in [1.54, 1.807) is 6.07 Å². The zero-order chi connectivity index (χ0) is 12.7. The van der Waals surface area contributed by atoms with Gasteiger partial charge >= 0.3 is 5.97 Å². The number of carbonyl (C=O) groups is 2. The summed E-state index contributed by atoms with van der Waals surface area (Å²) in [5.41, 5.74) is 2.82. The van der Waals surface area contributed by atoms with Crippen molar-refractivity contribution in [3.05, 3.63) is 53.2 Å². The van der Waals surface area contributed by atoms with E-state index < -0.39 is 5.97 Å². The molecule has 0 saturated heterocycles. The van der Waals surface area contributed by atoms with Gasteiger partial charge in [0.25, 0.3) is 0 Å². The molecule has 0 N–H and O–H groups in total. The normalized spacial score (nSPS) is 11.9. The van der Waals surface area contributed by atoms with Gasteiger partial charge in [0, 0.05) is 22.9 Å². The fraction of sp³-hybridized carbons (Fsp3) is 0.0714. The zero-order valence-electron chi connectivity index (χ0n) is 9.64. The number of methoxy groups -OCH3 is 1. The first-order chi connectivity index (χ1) is 8.72. The van der Waals surface area contributed by atoms with Crippen LogP contribution in [0, 0.1) is 0 Å². The van der Waals surface area contributed by atoms with E-state index in [-0.39, 0.29) is 11.3 Å².